The molecule has 0 aromatic carbocycles. The molecule has 2 rings (SSSR count). The van der Waals surface area contributed by atoms with Crippen molar-refractivity contribution < 1.29 is 9.21 Å². The number of carbonyl (C=O) groups excluding carboxylic acids is 1. The lowest BCUT2D eigenvalue weighted by Gasteiger charge is -2.41. The summed E-state index contributed by atoms with van der Waals surface area (Å²) < 4.78 is 5.19. The molecule has 1 fully saturated rings. The van der Waals surface area contributed by atoms with Crippen LogP contribution in [0.5, 0.6) is 0 Å². The van der Waals surface area contributed by atoms with Crippen LogP contribution in [0, 0.1) is 6.92 Å². The number of likely N-dealkylation sites (tertiary alicyclic amines) is 1. The summed E-state index contributed by atoms with van der Waals surface area (Å²) in [5.41, 5.74) is 0.957. The highest BCUT2D eigenvalue weighted by Gasteiger charge is 2.27. The SMILES string of the molecule is CN=C(NCCCNC(=O)c1occc1C)NCC(C)(C)N1CCCCC1.I. The third-order valence-corrected chi connectivity index (χ3v) is 5.12. The van der Waals surface area contributed by atoms with Crippen molar-refractivity contribution in [2.75, 3.05) is 39.8 Å². The van der Waals surface area contributed by atoms with Crippen LogP contribution >= 0.6 is 24.0 Å². The number of nitrogens with zero attached hydrogens (tertiary/aromatic N) is 2. The number of amides is 1. The second-order valence-corrected chi connectivity index (χ2v) is 7.75. The molecule has 0 bridgehead atoms. The predicted molar refractivity (Wildman–Crippen MR) is 125 cm³/mol. The van der Waals surface area contributed by atoms with E-state index in [0.29, 0.717) is 12.3 Å². The summed E-state index contributed by atoms with van der Waals surface area (Å²) in [6.45, 7) is 11.0. The van der Waals surface area contributed by atoms with Crippen molar-refractivity contribution in [3.63, 3.8) is 0 Å². The zero-order valence-corrected chi connectivity index (χ0v) is 20.0. The summed E-state index contributed by atoms with van der Waals surface area (Å²) in [5, 5.41) is 9.62. The number of hydrogen-bond acceptors (Lipinski definition) is 4. The van der Waals surface area contributed by atoms with Crippen LogP contribution in [0.2, 0.25) is 0 Å². The molecule has 3 N–H and O–H groups in total. The van der Waals surface area contributed by atoms with Crippen LogP contribution in [0.25, 0.3) is 0 Å². The van der Waals surface area contributed by atoms with E-state index in [0.717, 1.165) is 31.0 Å². The number of nitrogens with one attached hydrogen (secondary N) is 3. The van der Waals surface area contributed by atoms with Gasteiger partial charge in [-0.05, 0) is 59.2 Å². The van der Waals surface area contributed by atoms with Gasteiger partial charge in [-0.1, -0.05) is 6.42 Å². The molecule has 1 aliphatic heterocycles. The molecule has 0 spiro atoms. The largest absolute Gasteiger partial charge is 0.459 e. The molecular formula is C20H36IN5O2. The number of aliphatic imine (C=N–C) groups is 1. The minimum absolute atomic E-state index is 0. The van der Waals surface area contributed by atoms with E-state index in [1.54, 1.807) is 13.1 Å². The second-order valence-electron chi connectivity index (χ2n) is 7.75. The smallest absolute Gasteiger partial charge is 0.287 e. The van der Waals surface area contributed by atoms with Crippen molar-refractivity contribution in [3.05, 3.63) is 23.7 Å². The third kappa shape index (κ3) is 7.62. The molecule has 0 saturated carbocycles. The fourth-order valence-electron chi connectivity index (χ4n) is 3.31. The van der Waals surface area contributed by atoms with E-state index in [1.807, 2.05) is 6.92 Å². The van der Waals surface area contributed by atoms with Gasteiger partial charge in [0.05, 0.1) is 6.26 Å². The highest BCUT2D eigenvalue weighted by atomic mass is 127. The van der Waals surface area contributed by atoms with Gasteiger partial charge in [-0.2, -0.15) is 0 Å². The van der Waals surface area contributed by atoms with Crippen LogP contribution in [-0.4, -0.2) is 62.1 Å². The minimum atomic E-state index is -0.164. The van der Waals surface area contributed by atoms with Crippen molar-refractivity contribution in [3.8, 4) is 0 Å². The predicted octanol–water partition coefficient (Wildman–Crippen LogP) is 2.76. The zero-order chi connectivity index (χ0) is 19.7. The normalized spacial score (nSPS) is 15.6. The Balaban J connectivity index is 0.00000392. The van der Waals surface area contributed by atoms with E-state index < -0.39 is 0 Å². The number of halogens is 1. The van der Waals surface area contributed by atoms with Crippen LogP contribution in [0.3, 0.4) is 0 Å². The summed E-state index contributed by atoms with van der Waals surface area (Å²) in [5.74, 6) is 1.02. The first-order valence-electron chi connectivity index (χ1n) is 9.96. The van der Waals surface area contributed by atoms with Crippen LogP contribution < -0.4 is 16.0 Å². The van der Waals surface area contributed by atoms with E-state index in [1.165, 1.54) is 38.6 Å². The van der Waals surface area contributed by atoms with Gasteiger partial charge in [0.25, 0.3) is 5.91 Å². The average Bonchev–Trinajstić information content (AvgIpc) is 3.10. The number of aryl methyl sites for hydroxylation is 1. The van der Waals surface area contributed by atoms with E-state index in [-0.39, 0.29) is 35.4 Å². The minimum Gasteiger partial charge on any atom is -0.459 e. The lowest BCUT2D eigenvalue weighted by Crippen LogP contribution is -2.55. The standard InChI is InChI=1S/C20H35N5O2.HI/c1-16-9-14-27-17(16)18(26)22-10-8-11-23-19(21-4)24-15-20(2,3)25-12-6-5-7-13-25;/h9,14H,5-8,10-13,15H2,1-4H3,(H,22,26)(H2,21,23,24);1H. The molecule has 2 heterocycles. The Labute approximate surface area is 186 Å². The first-order chi connectivity index (χ1) is 12.9. The molecule has 0 unspecified atom stereocenters. The van der Waals surface area contributed by atoms with Crippen molar-refractivity contribution >= 4 is 35.8 Å². The Kier molecular flexibility index (Phi) is 10.9. The molecular weight excluding hydrogens is 469 g/mol. The maximum Gasteiger partial charge on any atom is 0.287 e. The summed E-state index contributed by atoms with van der Waals surface area (Å²) in [7, 11) is 1.78. The van der Waals surface area contributed by atoms with Crippen molar-refractivity contribution in [2.45, 2.75) is 52.0 Å². The fourth-order valence-corrected chi connectivity index (χ4v) is 3.31. The van der Waals surface area contributed by atoms with Crippen LogP contribution in [0.1, 0.15) is 55.6 Å². The number of piperidine rings is 1. The lowest BCUT2D eigenvalue weighted by atomic mass is 9.98. The summed E-state index contributed by atoms with van der Waals surface area (Å²) in [6.07, 6.45) is 6.27. The van der Waals surface area contributed by atoms with Gasteiger partial charge in [0.1, 0.15) is 0 Å². The topological polar surface area (TPSA) is 81.9 Å². The molecule has 1 aliphatic rings. The number of rotatable bonds is 8. The molecule has 8 heteroatoms. The molecule has 0 aliphatic carbocycles. The Morgan fingerprint density at radius 1 is 1.18 bits per heavy atom. The van der Waals surface area contributed by atoms with Gasteiger partial charge >= 0.3 is 0 Å². The molecule has 1 saturated heterocycles. The number of hydrogen-bond donors (Lipinski definition) is 3. The molecule has 1 aromatic rings. The highest BCUT2D eigenvalue weighted by molar-refractivity contribution is 14.0. The van der Waals surface area contributed by atoms with Crippen LogP contribution in [0.15, 0.2) is 21.7 Å². The van der Waals surface area contributed by atoms with Crippen molar-refractivity contribution in [1.29, 1.82) is 0 Å². The lowest BCUT2D eigenvalue weighted by molar-refractivity contribution is 0.0924. The first kappa shape index (κ1) is 24.7. The van der Waals surface area contributed by atoms with E-state index in [9.17, 15) is 4.79 Å². The molecule has 0 atom stereocenters. The van der Waals surface area contributed by atoms with Crippen LogP contribution in [-0.2, 0) is 0 Å². The Morgan fingerprint density at radius 3 is 2.46 bits per heavy atom. The average molecular weight is 505 g/mol. The van der Waals surface area contributed by atoms with Gasteiger partial charge in [0.15, 0.2) is 11.7 Å². The van der Waals surface area contributed by atoms with E-state index in [2.05, 4.69) is 39.7 Å². The molecule has 160 valence electrons. The quantitative estimate of drug-likeness (QED) is 0.219. The van der Waals surface area contributed by atoms with Crippen molar-refractivity contribution in [1.82, 2.24) is 20.9 Å². The van der Waals surface area contributed by atoms with Crippen LogP contribution in [0.4, 0.5) is 0 Å². The van der Waals surface area contributed by atoms with Gasteiger partial charge in [0.2, 0.25) is 0 Å². The van der Waals surface area contributed by atoms with E-state index >= 15 is 0 Å². The van der Waals surface area contributed by atoms with Gasteiger partial charge < -0.3 is 20.4 Å². The molecule has 1 aromatic heterocycles. The van der Waals surface area contributed by atoms with Gasteiger partial charge in [-0.3, -0.25) is 14.7 Å². The van der Waals surface area contributed by atoms with E-state index in [4.69, 9.17) is 4.42 Å². The second kappa shape index (κ2) is 12.3. The van der Waals surface area contributed by atoms with Gasteiger partial charge in [0, 0.05) is 37.8 Å². The maximum atomic E-state index is 12.0. The number of furan rings is 1. The molecule has 1 amide bonds. The maximum absolute atomic E-state index is 12.0. The Hall–Kier alpha value is -1.29. The zero-order valence-electron chi connectivity index (χ0n) is 17.6. The summed E-state index contributed by atoms with van der Waals surface area (Å²) in [4.78, 5) is 18.8. The molecule has 7 nitrogen and oxygen atoms in total. The monoisotopic (exact) mass is 505 g/mol. The number of carbonyl (C=O) groups is 1. The first-order valence-corrected chi connectivity index (χ1v) is 9.96. The third-order valence-electron chi connectivity index (χ3n) is 5.12. The van der Waals surface area contributed by atoms with Crippen molar-refractivity contribution in [2.24, 2.45) is 4.99 Å². The highest BCUT2D eigenvalue weighted by Crippen LogP contribution is 2.19. The summed E-state index contributed by atoms with van der Waals surface area (Å²) in [6, 6.07) is 1.79. The van der Waals surface area contributed by atoms with Gasteiger partial charge in [-0.25, -0.2) is 0 Å². The Bertz CT molecular complexity index is 624. The molecule has 0 radical (unpaired) electrons. The summed E-state index contributed by atoms with van der Waals surface area (Å²) >= 11 is 0. The number of guanidine groups is 1. The fraction of sp³-hybridized carbons (Fsp3) is 0.700. The molecule has 28 heavy (non-hydrogen) atoms. The van der Waals surface area contributed by atoms with Gasteiger partial charge in [-0.15, -0.1) is 24.0 Å². The Morgan fingerprint density at radius 2 is 1.86 bits per heavy atom.